The molecule has 3 rings (SSSR count). The van der Waals surface area contributed by atoms with E-state index in [0.717, 1.165) is 56.2 Å². The number of imide groups is 1. The van der Waals surface area contributed by atoms with Gasteiger partial charge in [0.2, 0.25) is 5.91 Å². The van der Waals surface area contributed by atoms with Crippen LogP contribution >= 0.6 is 0 Å². The molecule has 2 amide bonds. The van der Waals surface area contributed by atoms with E-state index in [2.05, 4.69) is 9.80 Å². The molecule has 0 N–H and O–H groups in total. The van der Waals surface area contributed by atoms with Crippen LogP contribution in [-0.2, 0) is 15.6 Å². The molecular weight excluding hydrogens is 345 g/mol. The van der Waals surface area contributed by atoms with Gasteiger partial charge in [0.25, 0.3) is 0 Å². The molecule has 0 spiro atoms. The van der Waals surface area contributed by atoms with Crippen LogP contribution < -0.4 is 4.90 Å². The van der Waals surface area contributed by atoms with Crippen LogP contribution in [-0.4, -0.2) is 70.2 Å². The smallest absolute Gasteiger partial charge is 0.319 e. The second-order valence-electron chi connectivity index (χ2n) is 6.31. The van der Waals surface area contributed by atoms with Crippen molar-refractivity contribution in [2.45, 2.75) is 12.8 Å². The van der Waals surface area contributed by atoms with Gasteiger partial charge in [-0.1, -0.05) is 0 Å². The van der Waals surface area contributed by atoms with E-state index < -0.39 is 16.0 Å². The summed E-state index contributed by atoms with van der Waals surface area (Å²) in [6.07, 6.45) is 1.62. The van der Waals surface area contributed by atoms with Crippen LogP contribution in [0.4, 0.5) is 14.9 Å². The minimum absolute atomic E-state index is 0.163. The molecule has 2 saturated heterocycles. The van der Waals surface area contributed by atoms with Crippen molar-refractivity contribution in [1.82, 2.24) is 9.80 Å². The number of amides is 2. The quantitative estimate of drug-likeness (QED) is 0.712. The van der Waals surface area contributed by atoms with Gasteiger partial charge in [-0.05, 0) is 43.7 Å². The van der Waals surface area contributed by atoms with E-state index in [1.54, 1.807) is 12.1 Å². The molecule has 2 fully saturated rings. The molecule has 0 radical (unpaired) electrons. The average Bonchev–Trinajstić information content (AvgIpc) is 2.86. The van der Waals surface area contributed by atoms with Crippen LogP contribution in [0.2, 0.25) is 0 Å². The Morgan fingerprint density at radius 2 is 1.60 bits per heavy atom. The highest BCUT2D eigenvalue weighted by atomic mass is 32.2. The highest BCUT2D eigenvalue weighted by Gasteiger charge is 2.35. The van der Waals surface area contributed by atoms with Crippen molar-refractivity contribution >= 4 is 27.6 Å². The van der Waals surface area contributed by atoms with Crippen molar-refractivity contribution in [1.29, 1.82) is 0 Å². The monoisotopic (exact) mass is 367 g/mol. The lowest BCUT2D eigenvalue weighted by Crippen LogP contribution is -2.46. The number of carbonyl (C=O) groups excluding carboxylic acids is 2. The largest absolute Gasteiger partial charge is 0.369 e. The van der Waals surface area contributed by atoms with Crippen molar-refractivity contribution in [2.75, 3.05) is 49.9 Å². The first-order valence-electron chi connectivity index (χ1n) is 8.50. The summed E-state index contributed by atoms with van der Waals surface area (Å²) >= 11 is 0. The summed E-state index contributed by atoms with van der Waals surface area (Å²) in [5.74, 6) is -0.707. The number of hydrogen-bond acceptors (Lipinski definition) is 5. The third-order valence-corrected chi connectivity index (χ3v) is 5.76. The Morgan fingerprint density at radius 1 is 0.960 bits per heavy atom. The van der Waals surface area contributed by atoms with E-state index in [1.165, 1.54) is 12.1 Å². The van der Waals surface area contributed by atoms with Crippen LogP contribution in [0.25, 0.3) is 0 Å². The van der Waals surface area contributed by atoms with Gasteiger partial charge in [-0.3, -0.25) is 19.4 Å². The summed E-state index contributed by atoms with van der Waals surface area (Å²) in [4.78, 5) is 28.8. The number of unbranched alkanes of at least 4 members (excludes halogenated alkanes) is 1. The predicted octanol–water partition coefficient (Wildman–Crippen LogP) is 1.44. The fourth-order valence-corrected chi connectivity index (χ4v) is 4.12. The summed E-state index contributed by atoms with van der Waals surface area (Å²) in [7, 11) is -1.66. The van der Waals surface area contributed by atoms with E-state index in [0.29, 0.717) is 6.54 Å². The SMILES string of the molecule is O=C1CS(=O)C(=O)N1CCCCN1CCN(c2ccc(F)cc2)CC1. The van der Waals surface area contributed by atoms with E-state index in [9.17, 15) is 18.2 Å². The fourth-order valence-electron chi connectivity index (χ4n) is 3.18. The standard InChI is InChI=1S/C17H22FN3O3S/c18-14-3-5-15(6-4-14)20-11-9-19(10-12-20)7-1-2-8-21-16(22)13-25(24)17(21)23/h3-6H,1-2,7-13H2. The topological polar surface area (TPSA) is 60.9 Å². The van der Waals surface area contributed by atoms with Crippen LogP contribution in [0.5, 0.6) is 0 Å². The van der Waals surface area contributed by atoms with Crippen LogP contribution in [0.3, 0.4) is 0 Å². The molecule has 25 heavy (non-hydrogen) atoms. The lowest BCUT2D eigenvalue weighted by Gasteiger charge is -2.36. The third-order valence-electron chi connectivity index (χ3n) is 4.64. The summed E-state index contributed by atoms with van der Waals surface area (Å²) in [5, 5.41) is -0.544. The van der Waals surface area contributed by atoms with Gasteiger partial charge < -0.3 is 4.90 Å². The van der Waals surface area contributed by atoms with E-state index in [1.807, 2.05) is 0 Å². The number of anilines is 1. The van der Waals surface area contributed by atoms with Gasteiger partial charge in [0.15, 0.2) is 0 Å². The van der Waals surface area contributed by atoms with Gasteiger partial charge in [0.05, 0.1) is 0 Å². The first-order chi connectivity index (χ1) is 12.0. The zero-order valence-corrected chi connectivity index (χ0v) is 14.8. The molecule has 0 saturated carbocycles. The Balaban J connectivity index is 1.36. The Bertz CT molecular complexity index is 660. The van der Waals surface area contributed by atoms with Gasteiger partial charge >= 0.3 is 5.24 Å². The molecule has 1 aromatic rings. The average molecular weight is 367 g/mol. The molecule has 1 aromatic carbocycles. The minimum Gasteiger partial charge on any atom is -0.369 e. The number of rotatable bonds is 6. The van der Waals surface area contributed by atoms with Crippen LogP contribution in [0.1, 0.15) is 12.8 Å². The molecular formula is C17H22FN3O3S. The Kier molecular flexibility index (Phi) is 5.80. The lowest BCUT2D eigenvalue weighted by molar-refractivity contribution is -0.124. The van der Waals surface area contributed by atoms with Crippen molar-refractivity contribution in [3.05, 3.63) is 30.1 Å². The first-order valence-corrected chi connectivity index (χ1v) is 9.82. The zero-order valence-electron chi connectivity index (χ0n) is 14.0. The van der Waals surface area contributed by atoms with Gasteiger partial charge in [0, 0.05) is 38.4 Å². The van der Waals surface area contributed by atoms with E-state index >= 15 is 0 Å². The Morgan fingerprint density at radius 3 is 2.20 bits per heavy atom. The van der Waals surface area contributed by atoms with E-state index in [4.69, 9.17) is 0 Å². The summed E-state index contributed by atoms with van der Waals surface area (Å²) in [6.45, 7) is 4.93. The fraction of sp³-hybridized carbons (Fsp3) is 0.529. The number of benzene rings is 1. The molecule has 0 aliphatic carbocycles. The molecule has 2 aliphatic heterocycles. The number of nitrogens with zero attached hydrogens (tertiary/aromatic N) is 3. The van der Waals surface area contributed by atoms with Gasteiger partial charge in [-0.25, -0.2) is 8.60 Å². The van der Waals surface area contributed by atoms with Crippen LogP contribution in [0.15, 0.2) is 24.3 Å². The normalized spacial score (nSPS) is 22.0. The van der Waals surface area contributed by atoms with Crippen molar-refractivity contribution in [3.8, 4) is 0 Å². The second kappa shape index (κ2) is 8.05. The highest BCUT2D eigenvalue weighted by molar-refractivity contribution is 8.01. The molecule has 136 valence electrons. The number of halogens is 1. The van der Waals surface area contributed by atoms with Gasteiger partial charge in [0.1, 0.15) is 22.4 Å². The van der Waals surface area contributed by atoms with Gasteiger partial charge in [-0.15, -0.1) is 0 Å². The molecule has 8 heteroatoms. The highest BCUT2D eigenvalue weighted by Crippen LogP contribution is 2.17. The van der Waals surface area contributed by atoms with Crippen molar-refractivity contribution in [2.24, 2.45) is 0 Å². The summed E-state index contributed by atoms with van der Waals surface area (Å²) < 4.78 is 24.3. The number of carbonyl (C=O) groups is 2. The minimum atomic E-state index is -1.66. The zero-order chi connectivity index (χ0) is 17.8. The maximum absolute atomic E-state index is 13.0. The van der Waals surface area contributed by atoms with Crippen molar-refractivity contribution in [3.63, 3.8) is 0 Å². The second-order valence-corrected chi connectivity index (χ2v) is 7.64. The Hall–Kier alpha value is -1.80. The first kappa shape index (κ1) is 18.0. The summed E-state index contributed by atoms with van der Waals surface area (Å²) in [6, 6.07) is 6.57. The lowest BCUT2D eigenvalue weighted by atomic mass is 10.2. The molecule has 1 atom stereocenters. The van der Waals surface area contributed by atoms with E-state index in [-0.39, 0.29) is 17.5 Å². The number of hydrogen-bond donors (Lipinski definition) is 0. The Labute approximate surface area is 149 Å². The molecule has 2 aliphatic rings. The molecule has 0 aromatic heterocycles. The maximum Gasteiger partial charge on any atom is 0.319 e. The predicted molar refractivity (Wildman–Crippen MR) is 94.4 cm³/mol. The van der Waals surface area contributed by atoms with Crippen LogP contribution in [0, 0.1) is 5.82 Å². The number of piperazine rings is 1. The van der Waals surface area contributed by atoms with Crippen molar-refractivity contribution < 1.29 is 18.2 Å². The molecule has 1 unspecified atom stereocenters. The molecule has 6 nitrogen and oxygen atoms in total. The molecule has 2 heterocycles. The van der Waals surface area contributed by atoms with Gasteiger partial charge in [-0.2, -0.15) is 0 Å². The molecule has 0 bridgehead atoms. The third kappa shape index (κ3) is 4.43. The maximum atomic E-state index is 13.0. The summed E-state index contributed by atoms with van der Waals surface area (Å²) in [5.41, 5.74) is 1.04.